The highest BCUT2D eigenvalue weighted by atomic mass is 32.1. The molecule has 1 fully saturated rings. The van der Waals surface area contributed by atoms with E-state index in [0.29, 0.717) is 17.5 Å². The van der Waals surface area contributed by atoms with Crippen molar-refractivity contribution in [2.75, 3.05) is 7.05 Å². The molecule has 1 unspecified atom stereocenters. The molecule has 1 saturated carbocycles. The van der Waals surface area contributed by atoms with E-state index in [1.807, 2.05) is 20.9 Å². The van der Waals surface area contributed by atoms with Crippen LogP contribution >= 0.6 is 12.2 Å². The molecule has 0 aromatic heterocycles. The average Bonchev–Trinajstić information content (AvgIpc) is 2.97. The minimum Gasteiger partial charge on any atom is -0.392 e. The molecule has 0 aliphatic heterocycles. The number of carbonyl (C=O) groups excluding carboxylic acids is 1. The van der Waals surface area contributed by atoms with Crippen molar-refractivity contribution in [1.29, 1.82) is 0 Å². The molecule has 0 saturated heterocycles. The van der Waals surface area contributed by atoms with Crippen molar-refractivity contribution in [3.05, 3.63) is 0 Å². The highest BCUT2D eigenvalue weighted by molar-refractivity contribution is 7.80. The molecule has 0 heterocycles. The number of amides is 1. The Morgan fingerprint density at radius 3 is 2.43 bits per heavy atom. The number of hydrogen-bond donors (Lipinski definition) is 1. The molecule has 0 radical (unpaired) electrons. The second-order valence-electron chi connectivity index (χ2n) is 4.20. The van der Waals surface area contributed by atoms with Crippen molar-refractivity contribution < 1.29 is 4.79 Å². The van der Waals surface area contributed by atoms with E-state index in [1.54, 1.807) is 4.90 Å². The van der Waals surface area contributed by atoms with Crippen molar-refractivity contribution in [1.82, 2.24) is 4.90 Å². The van der Waals surface area contributed by atoms with Gasteiger partial charge in [0.05, 0.1) is 10.4 Å². The topological polar surface area (TPSA) is 46.3 Å². The van der Waals surface area contributed by atoms with Crippen LogP contribution in [0.25, 0.3) is 0 Å². The van der Waals surface area contributed by atoms with Gasteiger partial charge >= 0.3 is 0 Å². The summed E-state index contributed by atoms with van der Waals surface area (Å²) in [7, 11) is 1.84. The lowest BCUT2D eigenvalue weighted by atomic mass is 9.86. The maximum Gasteiger partial charge on any atom is 0.235 e. The van der Waals surface area contributed by atoms with Crippen LogP contribution in [0, 0.1) is 5.41 Å². The van der Waals surface area contributed by atoms with Crippen LogP contribution in [0.5, 0.6) is 0 Å². The van der Waals surface area contributed by atoms with Gasteiger partial charge in [-0.15, -0.1) is 0 Å². The molecular formula is C10H18N2OS. The molecule has 14 heavy (non-hydrogen) atoms. The molecule has 4 heteroatoms. The first-order valence-corrected chi connectivity index (χ1v) is 5.41. The molecule has 3 nitrogen and oxygen atoms in total. The van der Waals surface area contributed by atoms with Gasteiger partial charge in [0.15, 0.2) is 0 Å². The summed E-state index contributed by atoms with van der Waals surface area (Å²) in [6.45, 7) is 3.77. The van der Waals surface area contributed by atoms with Crippen molar-refractivity contribution >= 4 is 23.1 Å². The molecule has 0 aromatic carbocycles. The van der Waals surface area contributed by atoms with Crippen LogP contribution in [0.15, 0.2) is 0 Å². The highest BCUT2D eigenvalue weighted by Gasteiger charge is 2.41. The Kier molecular flexibility index (Phi) is 3.14. The molecule has 1 rings (SSSR count). The van der Waals surface area contributed by atoms with Crippen molar-refractivity contribution in [3.8, 4) is 0 Å². The number of nitrogens with zero attached hydrogens (tertiary/aromatic N) is 1. The fourth-order valence-corrected chi connectivity index (χ4v) is 1.68. The zero-order valence-electron chi connectivity index (χ0n) is 9.04. The molecule has 1 atom stereocenters. The normalized spacial score (nSPS) is 19.9. The van der Waals surface area contributed by atoms with Crippen LogP contribution in [0.4, 0.5) is 0 Å². The molecular weight excluding hydrogens is 196 g/mol. The first-order valence-electron chi connectivity index (χ1n) is 5.00. The van der Waals surface area contributed by atoms with E-state index in [9.17, 15) is 4.79 Å². The quantitative estimate of drug-likeness (QED) is 0.718. The lowest BCUT2D eigenvalue weighted by Crippen LogP contribution is -2.47. The fraction of sp³-hybridized carbons (Fsp3) is 0.800. The Balaban J connectivity index is 2.77. The van der Waals surface area contributed by atoms with Gasteiger partial charge in [0.2, 0.25) is 5.91 Å². The Bertz CT molecular complexity index is 263. The molecule has 0 bridgehead atoms. The number of carbonyl (C=O) groups is 1. The minimum absolute atomic E-state index is 0.0648. The van der Waals surface area contributed by atoms with E-state index in [0.717, 1.165) is 12.8 Å². The van der Waals surface area contributed by atoms with E-state index in [-0.39, 0.29) is 5.91 Å². The second kappa shape index (κ2) is 3.85. The van der Waals surface area contributed by atoms with E-state index < -0.39 is 5.41 Å². The summed E-state index contributed by atoms with van der Waals surface area (Å²) < 4.78 is 0. The van der Waals surface area contributed by atoms with Gasteiger partial charge < -0.3 is 10.6 Å². The van der Waals surface area contributed by atoms with Crippen molar-refractivity contribution in [2.45, 2.75) is 39.2 Å². The molecule has 1 aliphatic carbocycles. The third-order valence-electron chi connectivity index (χ3n) is 3.14. The molecule has 0 spiro atoms. The standard InChI is InChI=1S/C10H18N2OS/c1-4-10(2,8(11)14)9(13)12(3)7-5-6-7/h7H,4-6H2,1-3H3,(H2,11,14). The zero-order valence-corrected chi connectivity index (χ0v) is 9.86. The van der Waals surface area contributed by atoms with Crippen LogP contribution in [0.2, 0.25) is 0 Å². The van der Waals surface area contributed by atoms with Gasteiger partial charge in [0.25, 0.3) is 0 Å². The first-order chi connectivity index (χ1) is 6.43. The Hall–Kier alpha value is -0.640. The smallest absolute Gasteiger partial charge is 0.235 e. The molecule has 80 valence electrons. The average molecular weight is 214 g/mol. The third kappa shape index (κ3) is 1.90. The van der Waals surface area contributed by atoms with Crippen molar-refractivity contribution in [3.63, 3.8) is 0 Å². The van der Waals surface area contributed by atoms with Crippen LogP contribution in [-0.4, -0.2) is 28.9 Å². The van der Waals surface area contributed by atoms with Crippen LogP contribution in [0.3, 0.4) is 0 Å². The predicted molar refractivity (Wildman–Crippen MR) is 61.0 cm³/mol. The molecule has 0 aromatic rings. The lowest BCUT2D eigenvalue weighted by molar-refractivity contribution is -0.136. The van der Waals surface area contributed by atoms with E-state index >= 15 is 0 Å². The Labute approximate surface area is 90.6 Å². The molecule has 2 N–H and O–H groups in total. The van der Waals surface area contributed by atoms with Gasteiger partial charge in [-0.25, -0.2) is 0 Å². The fourth-order valence-electron chi connectivity index (χ4n) is 1.45. The Morgan fingerprint density at radius 2 is 2.14 bits per heavy atom. The van der Waals surface area contributed by atoms with Gasteiger partial charge in [0.1, 0.15) is 0 Å². The van der Waals surface area contributed by atoms with E-state index in [4.69, 9.17) is 18.0 Å². The Morgan fingerprint density at radius 1 is 1.64 bits per heavy atom. The summed E-state index contributed by atoms with van der Waals surface area (Å²) in [6.07, 6.45) is 2.89. The summed E-state index contributed by atoms with van der Waals surface area (Å²) >= 11 is 4.96. The highest BCUT2D eigenvalue weighted by Crippen LogP contribution is 2.31. The summed E-state index contributed by atoms with van der Waals surface area (Å²) in [5.74, 6) is 0.0648. The zero-order chi connectivity index (χ0) is 10.9. The summed E-state index contributed by atoms with van der Waals surface area (Å²) in [5.41, 5.74) is 4.96. The maximum absolute atomic E-state index is 12.1. The van der Waals surface area contributed by atoms with Gasteiger partial charge in [0, 0.05) is 13.1 Å². The summed E-state index contributed by atoms with van der Waals surface area (Å²) in [4.78, 5) is 14.2. The van der Waals surface area contributed by atoms with Crippen LogP contribution in [-0.2, 0) is 4.79 Å². The summed E-state index contributed by atoms with van der Waals surface area (Å²) in [6, 6.07) is 0.419. The van der Waals surface area contributed by atoms with Crippen LogP contribution < -0.4 is 5.73 Å². The minimum atomic E-state index is -0.660. The van der Waals surface area contributed by atoms with Gasteiger partial charge in [-0.05, 0) is 26.2 Å². The van der Waals surface area contributed by atoms with Crippen molar-refractivity contribution in [2.24, 2.45) is 11.1 Å². The number of rotatable bonds is 4. The SMILES string of the molecule is CCC(C)(C(=O)N(C)C1CC1)C(N)=S. The number of thiocarbonyl (C=S) groups is 1. The monoisotopic (exact) mass is 214 g/mol. The van der Waals surface area contributed by atoms with Crippen LogP contribution in [0.1, 0.15) is 33.1 Å². The molecule has 1 amide bonds. The second-order valence-corrected chi connectivity index (χ2v) is 4.64. The van der Waals surface area contributed by atoms with E-state index in [1.165, 1.54) is 0 Å². The third-order valence-corrected chi connectivity index (χ3v) is 3.59. The molecule has 1 aliphatic rings. The van der Waals surface area contributed by atoms with E-state index in [2.05, 4.69) is 0 Å². The largest absolute Gasteiger partial charge is 0.392 e. The lowest BCUT2D eigenvalue weighted by Gasteiger charge is -2.30. The van der Waals surface area contributed by atoms with Gasteiger partial charge in [-0.2, -0.15) is 0 Å². The maximum atomic E-state index is 12.1. The van der Waals surface area contributed by atoms with Gasteiger partial charge in [-0.3, -0.25) is 4.79 Å². The van der Waals surface area contributed by atoms with Gasteiger partial charge in [-0.1, -0.05) is 19.1 Å². The predicted octanol–water partition coefficient (Wildman–Crippen LogP) is 1.31. The summed E-state index contributed by atoms with van der Waals surface area (Å²) in [5, 5.41) is 0. The first kappa shape index (κ1) is 11.4. The number of hydrogen-bond acceptors (Lipinski definition) is 2. The number of nitrogens with two attached hydrogens (primary N) is 1.